The number of rotatable bonds is 6. The van der Waals surface area contributed by atoms with Crippen molar-refractivity contribution in [3.8, 4) is 17.2 Å². The predicted octanol–water partition coefficient (Wildman–Crippen LogP) is 4.00. The first kappa shape index (κ1) is 24.5. The maximum Gasteiger partial charge on any atom is 0.271 e. The summed E-state index contributed by atoms with van der Waals surface area (Å²) in [6.45, 7) is 3.30. The minimum atomic E-state index is -0.651. The Balaban J connectivity index is 1.82. The van der Waals surface area contributed by atoms with Crippen LogP contribution in [0.25, 0.3) is 16.8 Å². The first-order chi connectivity index (χ1) is 17.9. The summed E-state index contributed by atoms with van der Waals surface area (Å²) in [7, 11) is 4.80. The lowest BCUT2D eigenvalue weighted by molar-refractivity contribution is -0.114. The van der Waals surface area contributed by atoms with E-state index >= 15 is 0 Å². The quantitative estimate of drug-likeness (QED) is 0.389. The van der Waals surface area contributed by atoms with Crippen LogP contribution in [0.3, 0.4) is 0 Å². The Morgan fingerprint density at radius 3 is 2.43 bits per heavy atom. The van der Waals surface area contributed by atoms with E-state index < -0.39 is 6.04 Å². The van der Waals surface area contributed by atoms with Gasteiger partial charge in [0.25, 0.3) is 5.56 Å². The SMILES string of the molecule is COc1ccc2ccc(OC)c(C=c3sc4n(c3=O)C(c3ccccc3OC)C(C(C)=O)=C(C)N=4)c2c1. The Labute approximate surface area is 217 Å². The summed E-state index contributed by atoms with van der Waals surface area (Å²) >= 11 is 1.28. The van der Waals surface area contributed by atoms with Gasteiger partial charge >= 0.3 is 0 Å². The summed E-state index contributed by atoms with van der Waals surface area (Å²) in [5, 5.41) is 1.88. The average Bonchev–Trinajstić information content (AvgIpc) is 3.21. The summed E-state index contributed by atoms with van der Waals surface area (Å²) < 4.78 is 18.8. The maximum absolute atomic E-state index is 14.0. The molecule has 1 aromatic heterocycles. The van der Waals surface area contributed by atoms with E-state index in [1.54, 1.807) is 32.8 Å². The highest BCUT2D eigenvalue weighted by Crippen LogP contribution is 2.35. The zero-order valence-electron chi connectivity index (χ0n) is 21.2. The molecular formula is C29H26N2O5S. The zero-order chi connectivity index (χ0) is 26.3. The lowest BCUT2D eigenvalue weighted by atomic mass is 9.93. The van der Waals surface area contributed by atoms with Crippen molar-refractivity contribution in [1.82, 2.24) is 4.57 Å². The number of fused-ring (bicyclic) bond motifs is 2. The molecule has 0 bridgehead atoms. The third-order valence-corrected chi connectivity index (χ3v) is 7.54. The normalized spacial score (nSPS) is 15.4. The van der Waals surface area contributed by atoms with Crippen molar-refractivity contribution in [2.45, 2.75) is 19.9 Å². The largest absolute Gasteiger partial charge is 0.497 e. The standard InChI is InChI=1S/C29H26N2O5S/c1-16-26(17(2)32)27(20-8-6-7-9-23(20)35-4)31-28(33)25(37-29(31)30-16)15-22-21-14-19(34-3)12-10-18(21)11-13-24(22)36-5/h6-15,27H,1-5H3. The molecule has 0 N–H and O–H groups in total. The summed E-state index contributed by atoms with van der Waals surface area (Å²) in [4.78, 5) is 32.0. The molecule has 7 nitrogen and oxygen atoms in total. The van der Waals surface area contributed by atoms with Gasteiger partial charge < -0.3 is 14.2 Å². The van der Waals surface area contributed by atoms with Crippen molar-refractivity contribution in [3.63, 3.8) is 0 Å². The first-order valence-electron chi connectivity index (χ1n) is 11.7. The second-order valence-corrected chi connectivity index (χ2v) is 9.66. The van der Waals surface area contributed by atoms with Crippen LogP contribution in [-0.2, 0) is 4.79 Å². The van der Waals surface area contributed by atoms with Crippen molar-refractivity contribution in [2.24, 2.45) is 4.99 Å². The number of hydrogen-bond donors (Lipinski definition) is 0. The van der Waals surface area contributed by atoms with E-state index in [4.69, 9.17) is 14.2 Å². The summed E-state index contributed by atoms with van der Waals surface area (Å²) in [5.41, 5.74) is 2.30. The number of ether oxygens (including phenoxy) is 3. The third kappa shape index (κ3) is 4.13. The van der Waals surface area contributed by atoms with Crippen LogP contribution in [0.2, 0.25) is 0 Å². The lowest BCUT2D eigenvalue weighted by Crippen LogP contribution is -2.39. The molecule has 8 heteroatoms. The number of carbonyl (C=O) groups is 1. The van der Waals surface area contributed by atoms with Crippen molar-refractivity contribution < 1.29 is 19.0 Å². The number of allylic oxidation sites excluding steroid dienone is 2. The number of methoxy groups -OCH3 is 3. The number of thiazole rings is 1. The van der Waals surface area contributed by atoms with Crippen molar-refractivity contribution in [3.05, 3.63) is 96.7 Å². The number of benzene rings is 3. The van der Waals surface area contributed by atoms with Crippen molar-refractivity contribution >= 4 is 34.0 Å². The van der Waals surface area contributed by atoms with E-state index in [0.717, 1.165) is 21.9 Å². The molecule has 0 saturated carbocycles. The number of carbonyl (C=O) groups excluding carboxylic acids is 1. The van der Waals surface area contributed by atoms with Gasteiger partial charge in [-0.05, 0) is 55.0 Å². The van der Waals surface area contributed by atoms with E-state index in [0.29, 0.717) is 37.9 Å². The Kier molecular flexibility index (Phi) is 6.43. The highest BCUT2D eigenvalue weighted by Gasteiger charge is 2.32. The molecule has 0 spiro atoms. The Morgan fingerprint density at radius 2 is 1.73 bits per heavy atom. The van der Waals surface area contributed by atoms with Crippen LogP contribution in [0, 0.1) is 0 Å². The molecule has 0 amide bonds. The zero-order valence-corrected chi connectivity index (χ0v) is 22.0. The van der Waals surface area contributed by atoms with Crippen molar-refractivity contribution in [1.29, 1.82) is 0 Å². The summed E-state index contributed by atoms with van der Waals surface area (Å²) in [6, 6.07) is 16.4. The monoisotopic (exact) mass is 514 g/mol. The first-order valence-corrected chi connectivity index (χ1v) is 12.5. The van der Waals surface area contributed by atoms with Crippen LogP contribution in [0.15, 0.2) is 75.7 Å². The predicted molar refractivity (Wildman–Crippen MR) is 144 cm³/mol. The van der Waals surface area contributed by atoms with Gasteiger partial charge in [0, 0.05) is 22.4 Å². The number of ketones is 1. The fourth-order valence-corrected chi connectivity index (χ4v) is 5.87. The van der Waals surface area contributed by atoms with Gasteiger partial charge in [-0.25, -0.2) is 4.99 Å². The molecule has 0 fully saturated rings. The van der Waals surface area contributed by atoms with E-state index in [-0.39, 0.29) is 11.3 Å². The number of para-hydroxylation sites is 1. The van der Waals surface area contributed by atoms with Crippen LogP contribution in [0.4, 0.5) is 0 Å². The van der Waals surface area contributed by atoms with Crippen LogP contribution >= 0.6 is 11.3 Å². The molecule has 0 radical (unpaired) electrons. The molecule has 1 unspecified atom stereocenters. The van der Waals surface area contributed by atoms with Gasteiger partial charge in [0.1, 0.15) is 17.2 Å². The molecule has 188 valence electrons. The van der Waals surface area contributed by atoms with Gasteiger partial charge in [-0.2, -0.15) is 0 Å². The van der Waals surface area contributed by atoms with Gasteiger partial charge in [-0.3, -0.25) is 14.2 Å². The Hall–Kier alpha value is -4.17. The fourth-order valence-electron chi connectivity index (χ4n) is 4.84. The number of aromatic nitrogens is 1. The summed E-state index contributed by atoms with van der Waals surface area (Å²) in [6.07, 6.45) is 1.83. The Bertz CT molecular complexity index is 1760. The molecule has 0 saturated heterocycles. The van der Waals surface area contributed by atoms with Crippen LogP contribution in [0.1, 0.15) is 31.0 Å². The van der Waals surface area contributed by atoms with Gasteiger partial charge in [0.2, 0.25) is 0 Å². The molecule has 37 heavy (non-hydrogen) atoms. The molecule has 1 aliphatic heterocycles. The topological polar surface area (TPSA) is 79.1 Å². The van der Waals surface area contributed by atoms with Crippen LogP contribution in [0.5, 0.6) is 17.2 Å². The smallest absolute Gasteiger partial charge is 0.271 e. The van der Waals surface area contributed by atoms with Gasteiger partial charge in [0.15, 0.2) is 10.6 Å². The summed E-state index contributed by atoms with van der Waals surface area (Å²) in [5.74, 6) is 1.79. The molecule has 1 aliphatic rings. The number of Topliss-reactive ketones (excluding diaryl/α,β-unsaturated/α-hetero) is 1. The number of hydrogen-bond acceptors (Lipinski definition) is 7. The molecule has 1 atom stereocenters. The molecule has 4 aromatic rings. The highest BCUT2D eigenvalue weighted by molar-refractivity contribution is 7.07. The Morgan fingerprint density at radius 1 is 1.00 bits per heavy atom. The average molecular weight is 515 g/mol. The second kappa shape index (κ2) is 9.71. The molecule has 2 heterocycles. The third-order valence-electron chi connectivity index (χ3n) is 6.56. The van der Waals surface area contributed by atoms with E-state index in [1.807, 2.05) is 60.7 Å². The molecule has 3 aromatic carbocycles. The van der Waals surface area contributed by atoms with E-state index in [2.05, 4.69) is 4.99 Å². The van der Waals surface area contributed by atoms with Crippen LogP contribution < -0.4 is 29.1 Å². The van der Waals surface area contributed by atoms with Crippen LogP contribution in [-0.4, -0.2) is 31.7 Å². The van der Waals surface area contributed by atoms with E-state index in [9.17, 15) is 9.59 Å². The lowest BCUT2D eigenvalue weighted by Gasteiger charge is -2.25. The van der Waals surface area contributed by atoms with Gasteiger partial charge in [-0.15, -0.1) is 0 Å². The highest BCUT2D eigenvalue weighted by atomic mass is 32.1. The second-order valence-electron chi connectivity index (χ2n) is 8.65. The number of nitrogens with zero attached hydrogens (tertiary/aromatic N) is 2. The van der Waals surface area contributed by atoms with E-state index in [1.165, 1.54) is 18.3 Å². The van der Waals surface area contributed by atoms with Gasteiger partial charge in [0.05, 0.1) is 31.9 Å². The minimum Gasteiger partial charge on any atom is -0.497 e. The maximum atomic E-state index is 14.0. The molecule has 5 rings (SSSR count). The van der Waals surface area contributed by atoms with Gasteiger partial charge in [-0.1, -0.05) is 41.7 Å². The molecule has 0 aliphatic carbocycles. The van der Waals surface area contributed by atoms with Crippen molar-refractivity contribution in [2.75, 3.05) is 21.3 Å². The minimum absolute atomic E-state index is 0.144. The fraction of sp³-hybridized carbons (Fsp3) is 0.207. The molecular weight excluding hydrogens is 488 g/mol.